The number of aliphatic hydroxyl groups excluding tert-OH is 1. The normalized spacial score (nSPS) is 23.0. The van der Waals surface area contributed by atoms with Crippen molar-refractivity contribution in [1.82, 2.24) is 0 Å². The lowest BCUT2D eigenvalue weighted by Crippen LogP contribution is -2.79. The van der Waals surface area contributed by atoms with E-state index in [-0.39, 0.29) is 0 Å². The molecule has 0 aromatic heterocycles. The van der Waals surface area contributed by atoms with Gasteiger partial charge in [-0.15, -0.1) is 0 Å². The fourth-order valence-corrected chi connectivity index (χ4v) is 2.50. The highest BCUT2D eigenvalue weighted by molar-refractivity contribution is 6.39. The van der Waals surface area contributed by atoms with Gasteiger partial charge in [0.2, 0.25) is 5.78 Å². The van der Waals surface area contributed by atoms with E-state index in [1.807, 2.05) is 0 Å². The third kappa shape index (κ3) is 2.93. The van der Waals surface area contributed by atoms with Crippen molar-refractivity contribution in [3.05, 3.63) is 0 Å². The fraction of sp³-hybridized carbons (Fsp3) is 0.733. The molecule has 138 valence electrons. The Bertz CT molecular complexity index is 573. The minimum absolute atomic E-state index is 0.655. The molecule has 9 nitrogen and oxygen atoms in total. The van der Waals surface area contributed by atoms with E-state index in [1.165, 1.54) is 0 Å². The first-order valence-electron chi connectivity index (χ1n) is 7.05. The van der Waals surface area contributed by atoms with Gasteiger partial charge in [-0.25, -0.2) is 0 Å². The van der Waals surface area contributed by atoms with Crippen LogP contribution in [-0.2, 0) is 19.2 Å². The third-order valence-electron chi connectivity index (χ3n) is 4.72. The number of hydrogen-bond acceptors (Lipinski definition) is 9. The summed E-state index contributed by atoms with van der Waals surface area (Å²) in [7, 11) is 0. The molecule has 0 aromatic carbocycles. The van der Waals surface area contributed by atoms with Crippen molar-refractivity contribution in [2.75, 3.05) is 0 Å². The van der Waals surface area contributed by atoms with Gasteiger partial charge in [-0.2, -0.15) is 0 Å². The molecule has 0 bridgehead atoms. The maximum Gasteiger partial charge on any atom is 0.232 e. The van der Waals surface area contributed by atoms with E-state index >= 15 is 0 Å². The molecule has 0 aliphatic rings. The summed E-state index contributed by atoms with van der Waals surface area (Å²) in [5.74, 6) is -5.08. The summed E-state index contributed by atoms with van der Waals surface area (Å²) in [6, 6.07) is 0. The quantitative estimate of drug-likeness (QED) is 0.302. The molecule has 5 N–H and O–H groups in total. The standard InChI is InChI=1S/C15H24O9/c1-7(16)10(19)12(4,21)13(5,22)14(6,23)15(24,9(3)18)11(20)8(2)17/h11,20-24H,1-6H3/t11?,12-,13+,14-,15+/m0/s1. The van der Waals surface area contributed by atoms with Crippen molar-refractivity contribution in [1.29, 1.82) is 0 Å². The van der Waals surface area contributed by atoms with Gasteiger partial charge in [-0.05, 0) is 34.6 Å². The van der Waals surface area contributed by atoms with Gasteiger partial charge in [-0.1, -0.05) is 0 Å². The summed E-state index contributed by atoms with van der Waals surface area (Å²) in [5.41, 5.74) is -12.3. The summed E-state index contributed by atoms with van der Waals surface area (Å²) in [6.07, 6.45) is -2.46. The summed E-state index contributed by atoms with van der Waals surface area (Å²) in [4.78, 5) is 46.4. The minimum Gasteiger partial charge on any atom is -0.384 e. The molecular weight excluding hydrogens is 324 g/mol. The molecule has 0 radical (unpaired) electrons. The van der Waals surface area contributed by atoms with Crippen LogP contribution in [0.1, 0.15) is 41.5 Å². The number of ketones is 4. The summed E-state index contributed by atoms with van der Waals surface area (Å²) >= 11 is 0. The van der Waals surface area contributed by atoms with Crippen LogP contribution in [0.5, 0.6) is 0 Å². The Morgan fingerprint density at radius 3 is 1.42 bits per heavy atom. The summed E-state index contributed by atoms with van der Waals surface area (Å²) < 4.78 is 0. The third-order valence-corrected chi connectivity index (χ3v) is 4.72. The summed E-state index contributed by atoms with van der Waals surface area (Å²) in [5, 5.41) is 52.0. The molecule has 0 aromatic rings. The predicted molar refractivity (Wildman–Crippen MR) is 79.9 cm³/mol. The molecule has 0 rings (SSSR count). The van der Waals surface area contributed by atoms with E-state index in [0.717, 1.165) is 20.8 Å². The Balaban J connectivity index is 6.54. The number of rotatable bonds is 8. The average Bonchev–Trinajstić information content (AvgIpc) is 2.43. The molecule has 0 spiro atoms. The second-order valence-corrected chi connectivity index (χ2v) is 6.44. The number of aliphatic hydroxyl groups is 5. The van der Waals surface area contributed by atoms with Gasteiger partial charge < -0.3 is 25.5 Å². The lowest BCUT2D eigenvalue weighted by molar-refractivity contribution is -0.282. The molecule has 0 heterocycles. The molecule has 5 atom stereocenters. The first-order valence-corrected chi connectivity index (χ1v) is 7.05. The minimum atomic E-state index is -3.26. The van der Waals surface area contributed by atoms with Gasteiger partial charge in [0.25, 0.3) is 0 Å². The highest BCUT2D eigenvalue weighted by atomic mass is 16.4. The van der Waals surface area contributed by atoms with Gasteiger partial charge in [0.05, 0.1) is 0 Å². The number of hydrogen-bond donors (Lipinski definition) is 5. The van der Waals surface area contributed by atoms with E-state index in [0.29, 0.717) is 20.8 Å². The van der Waals surface area contributed by atoms with E-state index in [4.69, 9.17) is 0 Å². The lowest BCUT2D eigenvalue weighted by atomic mass is 9.61. The van der Waals surface area contributed by atoms with Gasteiger partial charge in [0.15, 0.2) is 34.7 Å². The first kappa shape index (κ1) is 22.5. The number of carbonyl (C=O) groups excluding carboxylic acids is 4. The molecule has 9 heteroatoms. The second kappa shape index (κ2) is 6.41. The van der Waals surface area contributed by atoms with Gasteiger partial charge in [-0.3, -0.25) is 19.2 Å². The van der Waals surface area contributed by atoms with E-state index in [1.54, 1.807) is 0 Å². The Kier molecular flexibility index (Phi) is 6.01. The van der Waals surface area contributed by atoms with Crippen LogP contribution in [0.3, 0.4) is 0 Å². The van der Waals surface area contributed by atoms with Gasteiger partial charge in [0, 0.05) is 6.92 Å². The molecule has 1 unspecified atom stereocenters. The second-order valence-electron chi connectivity index (χ2n) is 6.44. The van der Waals surface area contributed by atoms with Crippen LogP contribution < -0.4 is 0 Å². The maximum atomic E-state index is 11.9. The van der Waals surface area contributed by atoms with Crippen molar-refractivity contribution in [3.8, 4) is 0 Å². The van der Waals surface area contributed by atoms with E-state index in [9.17, 15) is 44.7 Å². The van der Waals surface area contributed by atoms with Crippen molar-refractivity contribution in [2.45, 2.75) is 70.1 Å². The van der Waals surface area contributed by atoms with Gasteiger partial charge in [0.1, 0.15) is 11.2 Å². The topological polar surface area (TPSA) is 169 Å². The highest BCUT2D eigenvalue weighted by Gasteiger charge is 2.70. The largest absolute Gasteiger partial charge is 0.384 e. The fourth-order valence-electron chi connectivity index (χ4n) is 2.50. The van der Waals surface area contributed by atoms with E-state index in [2.05, 4.69) is 0 Å². The van der Waals surface area contributed by atoms with Crippen LogP contribution in [0, 0.1) is 0 Å². The maximum absolute atomic E-state index is 11.9. The Morgan fingerprint density at radius 2 is 1.17 bits per heavy atom. The molecule has 0 aliphatic carbocycles. The van der Waals surface area contributed by atoms with E-state index < -0.39 is 51.6 Å². The van der Waals surface area contributed by atoms with Crippen LogP contribution in [0.2, 0.25) is 0 Å². The number of carbonyl (C=O) groups is 4. The Labute approximate surface area is 138 Å². The van der Waals surface area contributed by atoms with Crippen LogP contribution in [0.4, 0.5) is 0 Å². The SMILES string of the molecule is CC(=O)C(=O)[C@](C)(O)[C@@](C)(O)[C@](C)(O)[C@@](O)(C(C)=O)C(O)C(C)=O. The van der Waals surface area contributed by atoms with Crippen molar-refractivity contribution >= 4 is 23.1 Å². The zero-order valence-corrected chi connectivity index (χ0v) is 14.4. The Morgan fingerprint density at radius 1 is 0.792 bits per heavy atom. The van der Waals surface area contributed by atoms with Crippen LogP contribution in [-0.4, -0.2) is 77.2 Å². The molecular formula is C15H24O9. The van der Waals surface area contributed by atoms with Crippen molar-refractivity contribution in [3.63, 3.8) is 0 Å². The predicted octanol–water partition coefficient (Wildman–Crippen LogP) is -2.33. The molecule has 24 heavy (non-hydrogen) atoms. The smallest absolute Gasteiger partial charge is 0.232 e. The summed E-state index contributed by atoms with van der Waals surface area (Å²) in [6.45, 7) is 4.41. The zero-order valence-electron chi connectivity index (χ0n) is 14.4. The monoisotopic (exact) mass is 348 g/mol. The van der Waals surface area contributed by atoms with Crippen molar-refractivity contribution < 1.29 is 44.7 Å². The van der Waals surface area contributed by atoms with Crippen LogP contribution in [0.15, 0.2) is 0 Å². The highest BCUT2D eigenvalue weighted by Crippen LogP contribution is 2.42. The van der Waals surface area contributed by atoms with Gasteiger partial charge >= 0.3 is 0 Å². The molecule has 0 aliphatic heterocycles. The molecule has 0 fully saturated rings. The Hall–Kier alpha value is -1.52. The van der Waals surface area contributed by atoms with Crippen molar-refractivity contribution in [2.24, 2.45) is 0 Å². The zero-order chi connectivity index (χ0) is 19.9. The molecule has 0 saturated heterocycles. The lowest BCUT2D eigenvalue weighted by Gasteiger charge is -2.53. The molecule has 0 saturated carbocycles. The average molecular weight is 348 g/mol. The van der Waals surface area contributed by atoms with Crippen LogP contribution in [0.25, 0.3) is 0 Å². The molecule has 0 amide bonds. The first-order chi connectivity index (χ1) is 10.4. The van der Waals surface area contributed by atoms with Crippen LogP contribution >= 0.6 is 0 Å². The number of Topliss-reactive ketones (excluding diaryl/α,β-unsaturated/α-hetero) is 4.